The first-order valence-electron chi connectivity index (χ1n) is 11.1. The van der Waals surface area contributed by atoms with Crippen LogP contribution in [0.3, 0.4) is 0 Å². The van der Waals surface area contributed by atoms with Gasteiger partial charge in [0.1, 0.15) is 18.7 Å². The number of imidazole rings is 1. The van der Waals surface area contributed by atoms with Crippen LogP contribution in [0.1, 0.15) is 36.1 Å². The normalized spacial score (nSPS) is 13.9. The van der Waals surface area contributed by atoms with Crippen molar-refractivity contribution in [3.05, 3.63) is 77.9 Å². The Morgan fingerprint density at radius 3 is 2.24 bits per heavy atom. The molecular weight excluding hydrogens is 436 g/mol. The largest absolute Gasteiger partial charge is 0.480 e. The van der Waals surface area contributed by atoms with E-state index in [0.717, 1.165) is 22.3 Å². The van der Waals surface area contributed by atoms with E-state index in [0.29, 0.717) is 5.69 Å². The van der Waals surface area contributed by atoms with E-state index in [-0.39, 0.29) is 25.4 Å². The van der Waals surface area contributed by atoms with Gasteiger partial charge < -0.3 is 25.5 Å². The van der Waals surface area contributed by atoms with Crippen molar-refractivity contribution in [3.63, 3.8) is 0 Å². The summed E-state index contributed by atoms with van der Waals surface area (Å²) in [5.74, 6) is -1.88. The van der Waals surface area contributed by atoms with E-state index >= 15 is 0 Å². The zero-order valence-corrected chi connectivity index (χ0v) is 18.7. The van der Waals surface area contributed by atoms with Crippen molar-refractivity contribution in [1.29, 1.82) is 0 Å². The molecule has 2 atom stereocenters. The average Bonchev–Trinajstić information content (AvgIpc) is 3.46. The van der Waals surface area contributed by atoms with Gasteiger partial charge in [0.05, 0.1) is 6.33 Å². The van der Waals surface area contributed by atoms with Crippen molar-refractivity contribution in [2.75, 3.05) is 6.61 Å². The van der Waals surface area contributed by atoms with E-state index in [1.807, 2.05) is 48.5 Å². The summed E-state index contributed by atoms with van der Waals surface area (Å²) in [5, 5.41) is 14.5. The molecule has 2 amide bonds. The zero-order valence-electron chi connectivity index (χ0n) is 18.7. The Labute approximate surface area is 196 Å². The predicted octanol–water partition coefficient (Wildman–Crippen LogP) is 2.84. The molecule has 9 nitrogen and oxygen atoms in total. The lowest BCUT2D eigenvalue weighted by Crippen LogP contribution is -2.52. The number of aromatic amines is 1. The van der Waals surface area contributed by atoms with Gasteiger partial charge >= 0.3 is 12.1 Å². The van der Waals surface area contributed by atoms with Gasteiger partial charge in [0.15, 0.2) is 0 Å². The van der Waals surface area contributed by atoms with E-state index in [1.54, 1.807) is 6.92 Å². The van der Waals surface area contributed by atoms with Crippen molar-refractivity contribution in [1.82, 2.24) is 20.6 Å². The summed E-state index contributed by atoms with van der Waals surface area (Å²) in [4.78, 5) is 43.4. The summed E-state index contributed by atoms with van der Waals surface area (Å²) < 4.78 is 5.50. The Morgan fingerprint density at radius 1 is 1.03 bits per heavy atom. The van der Waals surface area contributed by atoms with Crippen LogP contribution in [0.25, 0.3) is 11.1 Å². The molecule has 2 aromatic carbocycles. The van der Waals surface area contributed by atoms with Crippen LogP contribution < -0.4 is 10.6 Å². The highest BCUT2D eigenvalue weighted by Gasteiger charge is 2.30. The van der Waals surface area contributed by atoms with Gasteiger partial charge in [-0.25, -0.2) is 14.6 Å². The van der Waals surface area contributed by atoms with Crippen LogP contribution in [0.4, 0.5) is 4.79 Å². The molecule has 4 N–H and O–H groups in total. The summed E-state index contributed by atoms with van der Waals surface area (Å²) in [7, 11) is 0. The molecule has 1 heterocycles. The average molecular weight is 463 g/mol. The van der Waals surface area contributed by atoms with Crippen LogP contribution in [0.5, 0.6) is 0 Å². The van der Waals surface area contributed by atoms with Crippen molar-refractivity contribution in [2.24, 2.45) is 0 Å². The number of amides is 2. The number of carbonyl (C=O) groups excluding carboxylic acids is 2. The third kappa shape index (κ3) is 4.93. The van der Waals surface area contributed by atoms with E-state index < -0.39 is 30.1 Å². The maximum atomic E-state index is 12.7. The number of carboxylic acid groups (broad SMARTS) is 1. The van der Waals surface area contributed by atoms with Gasteiger partial charge in [-0.1, -0.05) is 55.5 Å². The Bertz CT molecular complexity index is 1130. The first-order valence-corrected chi connectivity index (χ1v) is 11.1. The highest BCUT2D eigenvalue weighted by molar-refractivity contribution is 5.89. The fourth-order valence-electron chi connectivity index (χ4n) is 4.22. The minimum absolute atomic E-state index is 0.0441. The van der Waals surface area contributed by atoms with Crippen LogP contribution in [0.2, 0.25) is 0 Å². The zero-order chi connectivity index (χ0) is 24.1. The quantitative estimate of drug-likeness (QED) is 0.386. The number of aromatic nitrogens is 2. The van der Waals surface area contributed by atoms with Crippen LogP contribution in [-0.4, -0.2) is 51.7 Å². The molecule has 0 spiro atoms. The van der Waals surface area contributed by atoms with Crippen molar-refractivity contribution >= 4 is 18.0 Å². The SMILES string of the molecule is CCC(NC(=O)OCC1c2ccccc2-c2ccccc21)C(=O)NC(Cc1cnc[nH]1)C(=O)O. The molecular formula is C25H26N4O5. The molecule has 0 fully saturated rings. The molecule has 0 bridgehead atoms. The molecule has 9 heteroatoms. The first-order chi connectivity index (χ1) is 16.5. The fraction of sp³-hybridized carbons (Fsp3) is 0.280. The lowest BCUT2D eigenvalue weighted by atomic mass is 9.98. The summed E-state index contributed by atoms with van der Waals surface area (Å²) in [6, 6.07) is 13.9. The molecule has 34 heavy (non-hydrogen) atoms. The molecule has 176 valence electrons. The number of carbonyl (C=O) groups is 3. The van der Waals surface area contributed by atoms with Crippen LogP contribution in [0, 0.1) is 0 Å². The maximum Gasteiger partial charge on any atom is 0.407 e. The number of hydrogen-bond donors (Lipinski definition) is 4. The lowest BCUT2D eigenvalue weighted by molar-refractivity contribution is -0.142. The third-order valence-corrected chi connectivity index (χ3v) is 5.95. The smallest absolute Gasteiger partial charge is 0.407 e. The molecule has 1 aliphatic rings. The van der Waals surface area contributed by atoms with Gasteiger partial charge in [-0.15, -0.1) is 0 Å². The van der Waals surface area contributed by atoms with Crippen molar-refractivity contribution < 1.29 is 24.2 Å². The van der Waals surface area contributed by atoms with Crippen LogP contribution in [-0.2, 0) is 20.7 Å². The van der Waals surface area contributed by atoms with Gasteiger partial charge in [-0.3, -0.25) is 4.79 Å². The van der Waals surface area contributed by atoms with Gasteiger partial charge in [0.2, 0.25) is 5.91 Å². The highest BCUT2D eigenvalue weighted by atomic mass is 16.5. The molecule has 1 aromatic heterocycles. The Balaban J connectivity index is 1.36. The molecule has 3 aromatic rings. The van der Waals surface area contributed by atoms with Crippen molar-refractivity contribution in [2.45, 2.75) is 37.8 Å². The number of H-pyrrole nitrogens is 1. The number of ether oxygens (including phenoxy) is 1. The number of hydrogen-bond acceptors (Lipinski definition) is 5. The summed E-state index contributed by atoms with van der Waals surface area (Å²) in [6.07, 6.45) is 2.51. The Kier molecular flexibility index (Phi) is 6.91. The second-order valence-electron chi connectivity index (χ2n) is 8.11. The number of aliphatic carboxylic acids is 1. The number of nitrogens with zero attached hydrogens (tertiary/aromatic N) is 1. The number of alkyl carbamates (subject to hydrolysis) is 1. The minimum Gasteiger partial charge on any atom is -0.480 e. The van der Waals surface area contributed by atoms with E-state index in [4.69, 9.17) is 4.74 Å². The number of carboxylic acids is 1. The van der Waals surface area contributed by atoms with Crippen molar-refractivity contribution in [3.8, 4) is 11.1 Å². The summed E-state index contributed by atoms with van der Waals surface area (Å²) in [5.41, 5.74) is 4.99. The first kappa shape index (κ1) is 23.0. The van der Waals surface area contributed by atoms with E-state index in [9.17, 15) is 19.5 Å². The number of benzene rings is 2. The molecule has 0 aliphatic heterocycles. The standard InChI is InChI=1S/C25H26N4O5/c1-2-21(23(30)28-22(24(31)32)11-15-12-26-14-27-15)29-25(33)34-13-20-18-9-5-3-7-16(18)17-8-4-6-10-19(17)20/h3-10,12,14,20-22H,2,11,13H2,1H3,(H,26,27)(H,28,30)(H,29,33)(H,31,32). The van der Waals surface area contributed by atoms with E-state index in [1.165, 1.54) is 12.5 Å². The lowest BCUT2D eigenvalue weighted by Gasteiger charge is -2.21. The monoisotopic (exact) mass is 462 g/mol. The number of nitrogens with one attached hydrogen (secondary N) is 3. The minimum atomic E-state index is -1.18. The Morgan fingerprint density at radius 2 is 1.68 bits per heavy atom. The second kappa shape index (κ2) is 10.2. The summed E-state index contributed by atoms with van der Waals surface area (Å²) >= 11 is 0. The number of fused-ring (bicyclic) bond motifs is 3. The van der Waals surface area contributed by atoms with Crippen LogP contribution >= 0.6 is 0 Å². The van der Waals surface area contributed by atoms with Crippen LogP contribution in [0.15, 0.2) is 61.1 Å². The molecule has 1 aliphatic carbocycles. The molecule has 0 saturated carbocycles. The van der Waals surface area contributed by atoms with E-state index in [2.05, 4.69) is 20.6 Å². The van der Waals surface area contributed by atoms with Gasteiger partial charge in [0, 0.05) is 24.2 Å². The molecule has 4 rings (SSSR count). The molecule has 0 saturated heterocycles. The predicted molar refractivity (Wildman–Crippen MR) is 124 cm³/mol. The molecule has 0 radical (unpaired) electrons. The number of rotatable bonds is 9. The second-order valence-corrected chi connectivity index (χ2v) is 8.11. The van der Waals surface area contributed by atoms with Gasteiger partial charge in [-0.2, -0.15) is 0 Å². The topological polar surface area (TPSA) is 133 Å². The van der Waals surface area contributed by atoms with Gasteiger partial charge in [-0.05, 0) is 28.7 Å². The highest BCUT2D eigenvalue weighted by Crippen LogP contribution is 2.44. The maximum absolute atomic E-state index is 12.7. The third-order valence-electron chi connectivity index (χ3n) is 5.95. The Hall–Kier alpha value is -4.14. The molecule has 2 unspecified atom stereocenters. The van der Waals surface area contributed by atoms with Gasteiger partial charge in [0.25, 0.3) is 0 Å². The fourth-order valence-corrected chi connectivity index (χ4v) is 4.22. The summed E-state index contributed by atoms with van der Waals surface area (Å²) in [6.45, 7) is 1.84.